The molecule has 0 aliphatic carbocycles. The fourth-order valence-corrected chi connectivity index (χ4v) is 3.29. The number of likely N-dealkylation sites (tertiary alicyclic amines) is 1. The zero-order valence-corrected chi connectivity index (χ0v) is 12.7. The van der Waals surface area contributed by atoms with E-state index in [-0.39, 0.29) is 10.9 Å². The van der Waals surface area contributed by atoms with E-state index >= 15 is 0 Å². The number of carbonyl (C=O) groups excluding carboxylic acids is 1. The highest BCUT2D eigenvalue weighted by Gasteiger charge is 2.23. The molecule has 8 heteroatoms. The molecule has 0 atom stereocenters. The molecule has 0 radical (unpaired) electrons. The zero-order valence-electron chi connectivity index (χ0n) is 11.9. The van der Waals surface area contributed by atoms with E-state index in [0.29, 0.717) is 18.8 Å². The lowest BCUT2D eigenvalue weighted by Gasteiger charge is -2.32. The van der Waals surface area contributed by atoms with Gasteiger partial charge in [-0.1, -0.05) is 12.1 Å². The summed E-state index contributed by atoms with van der Waals surface area (Å²) in [5.41, 5.74) is 5.82. The monoisotopic (exact) mass is 312 g/mol. The molecule has 1 fully saturated rings. The smallest absolute Gasteiger partial charge is 0.314 e. The van der Waals surface area contributed by atoms with Crippen molar-refractivity contribution in [3.8, 4) is 0 Å². The number of nitrogens with one attached hydrogen (secondary N) is 2. The maximum Gasteiger partial charge on any atom is 0.314 e. The number of hydrogen-bond donors (Lipinski definition) is 3. The molecule has 0 bridgehead atoms. The standard InChI is InChI=1S/C13H20N4O3S/c1-15-21(19,20)12-5-3-2-4-11(12)16-10-6-8-17(9-7-10)13(14)18/h2-5,10,15-16H,6-9H2,1H3,(H2,14,18). The Hall–Kier alpha value is -1.80. The lowest BCUT2D eigenvalue weighted by atomic mass is 10.0. The molecule has 7 nitrogen and oxygen atoms in total. The number of amides is 2. The Labute approximate surface area is 124 Å². The molecule has 0 aromatic heterocycles. The fourth-order valence-electron chi connectivity index (χ4n) is 2.39. The summed E-state index contributed by atoms with van der Waals surface area (Å²) in [6.45, 7) is 1.15. The predicted octanol–water partition coefficient (Wildman–Crippen LogP) is 0.550. The number of nitrogens with zero attached hydrogens (tertiary/aromatic N) is 1. The van der Waals surface area contributed by atoms with Crippen molar-refractivity contribution in [2.24, 2.45) is 5.73 Å². The van der Waals surface area contributed by atoms with Gasteiger partial charge >= 0.3 is 6.03 Å². The molecule has 1 aromatic rings. The Morgan fingerprint density at radius 3 is 2.48 bits per heavy atom. The van der Waals surface area contributed by atoms with Gasteiger partial charge in [-0.15, -0.1) is 0 Å². The van der Waals surface area contributed by atoms with Crippen LogP contribution in [0.3, 0.4) is 0 Å². The van der Waals surface area contributed by atoms with E-state index in [4.69, 9.17) is 5.73 Å². The molecule has 1 saturated heterocycles. The third-order valence-corrected chi connectivity index (χ3v) is 5.08. The molecule has 1 heterocycles. The number of piperidine rings is 1. The van der Waals surface area contributed by atoms with Gasteiger partial charge in [-0.05, 0) is 32.0 Å². The van der Waals surface area contributed by atoms with Crippen molar-refractivity contribution in [3.05, 3.63) is 24.3 Å². The summed E-state index contributed by atoms with van der Waals surface area (Å²) in [6.07, 6.45) is 1.47. The molecule has 2 rings (SSSR count). The number of carbonyl (C=O) groups is 1. The van der Waals surface area contributed by atoms with Gasteiger partial charge in [-0.3, -0.25) is 0 Å². The van der Waals surface area contributed by atoms with E-state index in [2.05, 4.69) is 10.0 Å². The number of urea groups is 1. The zero-order chi connectivity index (χ0) is 15.5. The molecule has 116 valence electrons. The average molecular weight is 312 g/mol. The summed E-state index contributed by atoms with van der Waals surface area (Å²) in [7, 11) is -2.11. The molecule has 0 spiro atoms. The molecule has 1 aliphatic rings. The lowest BCUT2D eigenvalue weighted by Crippen LogP contribution is -2.44. The number of nitrogens with two attached hydrogens (primary N) is 1. The largest absolute Gasteiger partial charge is 0.381 e. The highest BCUT2D eigenvalue weighted by Crippen LogP contribution is 2.23. The van der Waals surface area contributed by atoms with E-state index < -0.39 is 16.1 Å². The number of primary amides is 1. The minimum Gasteiger partial charge on any atom is -0.381 e. The number of hydrogen-bond acceptors (Lipinski definition) is 4. The summed E-state index contributed by atoms with van der Waals surface area (Å²) in [4.78, 5) is 12.9. The second kappa shape index (κ2) is 6.31. The summed E-state index contributed by atoms with van der Waals surface area (Å²) in [5.74, 6) is 0. The minimum absolute atomic E-state index is 0.119. The van der Waals surface area contributed by atoms with Crippen molar-refractivity contribution < 1.29 is 13.2 Å². The van der Waals surface area contributed by atoms with E-state index in [1.165, 1.54) is 7.05 Å². The molecule has 0 saturated carbocycles. The van der Waals surface area contributed by atoms with E-state index in [0.717, 1.165) is 12.8 Å². The van der Waals surface area contributed by atoms with Crippen molar-refractivity contribution >= 4 is 21.7 Å². The molecule has 0 unspecified atom stereocenters. The first-order valence-electron chi connectivity index (χ1n) is 6.77. The van der Waals surface area contributed by atoms with E-state index in [1.54, 1.807) is 29.2 Å². The SMILES string of the molecule is CNS(=O)(=O)c1ccccc1NC1CCN(C(N)=O)CC1. The van der Waals surface area contributed by atoms with Crippen LogP contribution in [0.1, 0.15) is 12.8 Å². The van der Waals surface area contributed by atoms with Gasteiger partial charge in [0, 0.05) is 19.1 Å². The summed E-state index contributed by atoms with van der Waals surface area (Å²) in [6, 6.07) is 6.48. The Morgan fingerprint density at radius 1 is 1.29 bits per heavy atom. The predicted molar refractivity (Wildman–Crippen MR) is 80.5 cm³/mol. The molecular formula is C13H20N4O3S. The Kier molecular flexibility index (Phi) is 4.69. The van der Waals surface area contributed by atoms with Crippen molar-refractivity contribution in [1.82, 2.24) is 9.62 Å². The van der Waals surface area contributed by atoms with Crippen molar-refractivity contribution in [1.29, 1.82) is 0 Å². The topological polar surface area (TPSA) is 105 Å². The third-order valence-electron chi connectivity index (χ3n) is 3.61. The van der Waals surface area contributed by atoms with Crippen LogP contribution in [0.2, 0.25) is 0 Å². The summed E-state index contributed by atoms with van der Waals surface area (Å²) < 4.78 is 26.3. The van der Waals surface area contributed by atoms with Crippen molar-refractivity contribution in [2.75, 3.05) is 25.5 Å². The number of benzene rings is 1. The average Bonchev–Trinajstić information content (AvgIpc) is 2.48. The van der Waals surface area contributed by atoms with Gasteiger partial charge in [0.1, 0.15) is 4.90 Å². The highest BCUT2D eigenvalue weighted by atomic mass is 32.2. The Balaban J connectivity index is 2.10. The van der Waals surface area contributed by atoms with Crippen molar-refractivity contribution in [3.63, 3.8) is 0 Å². The van der Waals surface area contributed by atoms with Gasteiger partial charge in [0.2, 0.25) is 10.0 Å². The van der Waals surface area contributed by atoms with Gasteiger partial charge in [-0.25, -0.2) is 17.9 Å². The Morgan fingerprint density at radius 2 is 1.90 bits per heavy atom. The maximum atomic E-state index is 12.0. The first kappa shape index (κ1) is 15.6. The Bertz CT molecular complexity index is 610. The van der Waals surface area contributed by atoms with Gasteiger partial charge < -0.3 is 16.0 Å². The quantitative estimate of drug-likeness (QED) is 0.755. The van der Waals surface area contributed by atoms with E-state index in [9.17, 15) is 13.2 Å². The second-order valence-corrected chi connectivity index (χ2v) is 6.80. The minimum atomic E-state index is -3.50. The number of anilines is 1. The van der Waals surface area contributed by atoms with Gasteiger partial charge in [0.25, 0.3) is 0 Å². The maximum absolute atomic E-state index is 12.0. The van der Waals surface area contributed by atoms with Crippen LogP contribution in [-0.2, 0) is 10.0 Å². The van der Waals surface area contributed by atoms with Crippen LogP contribution in [0.25, 0.3) is 0 Å². The molecule has 1 aromatic carbocycles. The summed E-state index contributed by atoms with van der Waals surface area (Å²) >= 11 is 0. The first-order valence-corrected chi connectivity index (χ1v) is 8.26. The van der Waals surface area contributed by atoms with Crippen LogP contribution in [-0.4, -0.2) is 45.5 Å². The highest BCUT2D eigenvalue weighted by molar-refractivity contribution is 7.89. The number of rotatable bonds is 4. The van der Waals surface area contributed by atoms with Gasteiger partial charge in [0.15, 0.2) is 0 Å². The number of para-hydroxylation sites is 1. The van der Waals surface area contributed by atoms with Crippen LogP contribution in [0.4, 0.5) is 10.5 Å². The van der Waals surface area contributed by atoms with Crippen LogP contribution in [0, 0.1) is 0 Å². The van der Waals surface area contributed by atoms with Gasteiger partial charge in [0.05, 0.1) is 5.69 Å². The lowest BCUT2D eigenvalue weighted by molar-refractivity contribution is 0.193. The van der Waals surface area contributed by atoms with Crippen LogP contribution >= 0.6 is 0 Å². The summed E-state index contributed by atoms with van der Waals surface area (Å²) in [5, 5.41) is 3.25. The van der Waals surface area contributed by atoms with E-state index in [1.807, 2.05) is 0 Å². The second-order valence-electron chi connectivity index (χ2n) is 4.95. The molecule has 2 amide bonds. The van der Waals surface area contributed by atoms with Crippen LogP contribution in [0.15, 0.2) is 29.2 Å². The fraction of sp³-hybridized carbons (Fsp3) is 0.462. The molecule has 21 heavy (non-hydrogen) atoms. The molecule has 1 aliphatic heterocycles. The van der Waals surface area contributed by atoms with Gasteiger partial charge in [-0.2, -0.15) is 0 Å². The normalized spacial score (nSPS) is 16.7. The first-order chi connectivity index (χ1) is 9.94. The number of sulfonamides is 1. The molecule has 4 N–H and O–H groups in total. The van der Waals surface area contributed by atoms with Crippen LogP contribution < -0.4 is 15.8 Å². The third kappa shape index (κ3) is 3.64. The van der Waals surface area contributed by atoms with Crippen molar-refractivity contribution in [2.45, 2.75) is 23.8 Å². The van der Waals surface area contributed by atoms with Crippen LogP contribution in [0.5, 0.6) is 0 Å². The molecular weight excluding hydrogens is 292 g/mol.